The van der Waals surface area contributed by atoms with Crippen LogP contribution in [0, 0.1) is 5.92 Å². The predicted octanol–water partition coefficient (Wildman–Crippen LogP) is 4.42. The first-order chi connectivity index (χ1) is 16.9. The number of carbonyl (C=O) groups is 1. The van der Waals surface area contributed by atoms with Crippen LogP contribution in [0.1, 0.15) is 51.2 Å². The fraction of sp³-hybridized carbons (Fsp3) is 0.536. The van der Waals surface area contributed by atoms with Crippen LogP contribution >= 0.6 is 0 Å². The molecule has 0 aromatic heterocycles. The number of hydrogen-bond acceptors (Lipinski definition) is 7. The summed E-state index contributed by atoms with van der Waals surface area (Å²) in [6.45, 7) is 6.43. The number of aliphatic hydroxyl groups is 1. The van der Waals surface area contributed by atoms with Crippen molar-refractivity contribution in [3.05, 3.63) is 48.0 Å². The third kappa shape index (κ3) is 6.47. The Hall–Kier alpha value is -2.77. The van der Waals surface area contributed by atoms with Gasteiger partial charge in [0.25, 0.3) is 0 Å². The average molecular weight is 484 g/mol. The third-order valence-corrected chi connectivity index (χ3v) is 7.13. The Morgan fingerprint density at radius 3 is 2.37 bits per heavy atom. The number of fused-ring (bicyclic) bond motifs is 1. The number of likely N-dealkylation sites (tertiary alicyclic amines) is 1. The fourth-order valence-corrected chi connectivity index (χ4v) is 5.02. The van der Waals surface area contributed by atoms with Crippen molar-refractivity contribution in [2.45, 2.75) is 57.7 Å². The molecule has 0 spiro atoms. The van der Waals surface area contributed by atoms with Gasteiger partial charge in [-0.25, -0.2) is 0 Å². The van der Waals surface area contributed by atoms with Gasteiger partial charge < -0.3 is 24.1 Å². The van der Waals surface area contributed by atoms with Crippen LogP contribution in [0.4, 0.5) is 0 Å². The van der Waals surface area contributed by atoms with E-state index < -0.39 is 6.10 Å². The van der Waals surface area contributed by atoms with Crippen LogP contribution in [0.25, 0.3) is 0 Å². The average Bonchev–Trinajstić information content (AvgIpc) is 3.20. The topological polar surface area (TPSA) is 77.5 Å². The molecule has 0 radical (unpaired) electrons. The number of Topliss-reactive ketones (excluding diaryl/α,β-unsaturated/α-hetero) is 1. The predicted molar refractivity (Wildman–Crippen MR) is 133 cm³/mol. The number of aliphatic hydroxyl groups excluding tert-OH is 1. The van der Waals surface area contributed by atoms with Crippen molar-refractivity contribution < 1.29 is 28.8 Å². The van der Waals surface area contributed by atoms with Gasteiger partial charge in [-0.15, -0.1) is 0 Å². The first-order valence-electron chi connectivity index (χ1n) is 12.6. The highest BCUT2D eigenvalue weighted by Gasteiger charge is 2.33. The van der Waals surface area contributed by atoms with Gasteiger partial charge in [0.05, 0.1) is 19.8 Å². The van der Waals surface area contributed by atoms with E-state index in [1.807, 2.05) is 42.5 Å². The zero-order valence-electron chi connectivity index (χ0n) is 20.9. The highest BCUT2D eigenvalue weighted by atomic mass is 16.6. The molecular weight excluding hydrogens is 446 g/mol. The molecule has 0 amide bonds. The van der Waals surface area contributed by atoms with Gasteiger partial charge in [-0.1, -0.05) is 6.07 Å². The van der Waals surface area contributed by atoms with E-state index >= 15 is 0 Å². The molecule has 7 nitrogen and oxygen atoms in total. The molecule has 0 saturated carbocycles. The Morgan fingerprint density at radius 2 is 1.69 bits per heavy atom. The standard InChI is InChI=1S/C28H37NO6/c1-19-4-5-20(2)29(19)18-22(28(31)21-6-11-26-27(17-21)35-15-14-34-26)16-23(30)12-13-33-25-9-7-24(32-3)8-10-25/h6-11,17,19-20,22,28,31H,4-5,12-16,18H2,1-3H3/t19-,20-,22-,28-/m1/s1. The van der Waals surface area contributed by atoms with Crippen molar-refractivity contribution >= 4 is 5.78 Å². The molecule has 0 bridgehead atoms. The Morgan fingerprint density at radius 1 is 1.03 bits per heavy atom. The number of nitrogens with zero attached hydrogens (tertiary/aromatic N) is 1. The maximum atomic E-state index is 13.0. The van der Waals surface area contributed by atoms with Crippen molar-refractivity contribution in [3.8, 4) is 23.0 Å². The lowest BCUT2D eigenvalue weighted by molar-refractivity contribution is -0.121. The third-order valence-electron chi connectivity index (χ3n) is 7.13. The van der Waals surface area contributed by atoms with Gasteiger partial charge in [-0.05, 0) is 68.7 Å². The van der Waals surface area contributed by atoms with Crippen molar-refractivity contribution in [2.75, 3.05) is 33.5 Å². The first kappa shape index (κ1) is 25.3. The van der Waals surface area contributed by atoms with Gasteiger partial charge in [0.1, 0.15) is 30.5 Å². The van der Waals surface area contributed by atoms with Crippen LogP contribution in [0.15, 0.2) is 42.5 Å². The minimum absolute atomic E-state index is 0.0830. The molecule has 0 unspecified atom stereocenters. The quantitative estimate of drug-likeness (QED) is 0.507. The van der Waals surface area contributed by atoms with Crippen LogP contribution in [0.3, 0.4) is 0 Å². The number of methoxy groups -OCH3 is 1. The van der Waals surface area contributed by atoms with Gasteiger partial charge >= 0.3 is 0 Å². The number of carbonyl (C=O) groups excluding carboxylic acids is 1. The second-order valence-corrected chi connectivity index (χ2v) is 9.60. The van der Waals surface area contributed by atoms with E-state index in [4.69, 9.17) is 18.9 Å². The molecule has 190 valence electrons. The SMILES string of the molecule is COc1ccc(OCCC(=O)C[C@H](CN2[C@H](C)CC[C@H]2C)[C@H](O)c2ccc3c(c2)OCCO3)cc1. The zero-order chi connectivity index (χ0) is 24.8. The Kier molecular flexibility index (Phi) is 8.52. The number of rotatable bonds is 11. The highest BCUT2D eigenvalue weighted by molar-refractivity contribution is 5.78. The molecule has 1 fully saturated rings. The van der Waals surface area contributed by atoms with Crippen LogP contribution in [-0.4, -0.2) is 61.3 Å². The van der Waals surface area contributed by atoms with E-state index in [1.165, 1.54) is 0 Å². The van der Waals surface area contributed by atoms with Gasteiger partial charge in [-0.2, -0.15) is 0 Å². The lowest BCUT2D eigenvalue weighted by atomic mass is 9.89. The number of hydrogen-bond donors (Lipinski definition) is 1. The second-order valence-electron chi connectivity index (χ2n) is 9.60. The Balaban J connectivity index is 1.41. The molecular formula is C28H37NO6. The molecule has 7 heteroatoms. The van der Waals surface area contributed by atoms with E-state index in [0.29, 0.717) is 62.1 Å². The Labute approximate surface area is 207 Å². The van der Waals surface area contributed by atoms with Crippen molar-refractivity contribution in [3.63, 3.8) is 0 Å². The molecule has 2 aromatic carbocycles. The summed E-state index contributed by atoms with van der Waals surface area (Å²) in [5.41, 5.74) is 0.751. The van der Waals surface area contributed by atoms with Crippen molar-refractivity contribution in [1.82, 2.24) is 4.90 Å². The first-order valence-corrected chi connectivity index (χ1v) is 12.6. The molecule has 0 aliphatic carbocycles. The molecule has 2 aromatic rings. The van der Waals surface area contributed by atoms with Gasteiger partial charge in [0, 0.05) is 37.4 Å². The van der Waals surface area contributed by atoms with Gasteiger partial charge in [0.2, 0.25) is 0 Å². The monoisotopic (exact) mass is 483 g/mol. The lowest BCUT2D eigenvalue weighted by Crippen LogP contribution is -2.39. The number of ketones is 1. The maximum absolute atomic E-state index is 13.0. The summed E-state index contributed by atoms with van der Waals surface area (Å²) in [6.07, 6.45) is 2.08. The van der Waals surface area contributed by atoms with E-state index in [9.17, 15) is 9.90 Å². The van der Waals surface area contributed by atoms with E-state index in [1.54, 1.807) is 7.11 Å². The maximum Gasteiger partial charge on any atom is 0.161 e. The molecule has 4 rings (SSSR count). The minimum Gasteiger partial charge on any atom is -0.497 e. The zero-order valence-corrected chi connectivity index (χ0v) is 20.9. The number of ether oxygens (including phenoxy) is 4. The summed E-state index contributed by atoms with van der Waals surface area (Å²) in [6, 6.07) is 13.8. The molecule has 1 saturated heterocycles. The van der Waals surface area contributed by atoms with Crippen LogP contribution in [0.5, 0.6) is 23.0 Å². The molecule has 2 heterocycles. The number of benzene rings is 2. The minimum atomic E-state index is -0.780. The van der Waals surface area contributed by atoms with Crippen LogP contribution in [0.2, 0.25) is 0 Å². The van der Waals surface area contributed by atoms with Gasteiger partial charge in [0.15, 0.2) is 11.5 Å². The molecule has 35 heavy (non-hydrogen) atoms. The van der Waals surface area contributed by atoms with Crippen molar-refractivity contribution in [2.24, 2.45) is 5.92 Å². The lowest BCUT2D eigenvalue weighted by Gasteiger charge is -2.33. The van der Waals surface area contributed by atoms with Crippen molar-refractivity contribution in [1.29, 1.82) is 0 Å². The molecule has 4 atom stereocenters. The Bertz CT molecular complexity index is 968. The summed E-state index contributed by atoms with van der Waals surface area (Å²) >= 11 is 0. The van der Waals surface area contributed by atoms with Crippen LogP contribution in [-0.2, 0) is 4.79 Å². The van der Waals surface area contributed by atoms with E-state index in [0.717, 1.165) is 24.2 Å². The fourth-order valence-electron chi connectivity index (χ4n) is 5.02. The molecule has 2 aliphatic heterocycles. The normalized spacial score (nSPS) is 21.4. The summed E-state index contributed by atoms with van der Waals surface area (Å²) in [5, 5.41) is 11.4. The summed E-state index contributed by atoms with van der Waals surface area (Å²) in [4.78, 5) is 15.4. The van der Waals surface area contributed by atoms with Crippen LogP contribution < -0.4 is 18.9 Å². The van der Waals surface area contributed by atoms with E-state index in [-0.39, 0.29) is 18.1 Å². The smallest absolute Gasteiger partial charge is 0.161 e. The van der Waals surface area contributed by atoms with E-state index in [2.05, 4.69) is 18.7 Å². The summed E-state index contributed by atoms with van der Waals surface area (Å²) in [7, 11) is 1.62. The van der Waals surface area contributed by atoms with Gasteiger partial charge in [-0.3, -0.25) is 9.69 Å². The molecule has 2 aliphatic rings. The highest BCUT2D eigenvalue weighted by Crippen LogP contribution is 2.36. The second kappa shape index (κ2) is 11.8. The summed E-state index contributed by atoms with van der Waals surface area (Å²) < 4.78 is 22.3. The largest absolute Gasteiger partial charge is 0.497 e. The summed E-state index contributed by atoms with van der Waals surface area (Å²) in [5.74, 6) is 2.65. The molecule has 1 N–H and O–H groups in total.